The fourth-order valence-electron chi connectivity index (χ4n) is 3.63. The number of nitrogens with one attached hydrogen (secondary N) is 1. The monoisotopic (exact) mass is 337 g/mol. The van der Waals surface area contributed by atoms with E-state index in [0.717, 1.165) is 11.1 Å². The summed E-state index contributed by atoms with van der Waals surface area (Å²) in [6, 6.07) is 15.7. The van der Waals surface area contributed by atoms with Crippen molar-refractivity contribution in [3.05, 3.63) is 59.7 Å². The first-order valence-electron chi connectivity index (χ1n) is 8.41. The molecule has 2 aromatic rings. The van der Waals surface area contributed by atoms with Crippen LogP contribution in [0.15, 0.2) is 48.5 Å². The third kappa shape index (κ3) is 2.81. The molecule has 5 nitrogen and oxygen atoms in total. The van der Waals surface area contributed by atoms with Gasteiger partial charge >= 0.3 is 6.09 Å². The van der Waals surface area contributed by atoms with Gasteiger partial charge < -0.3 is 14.8 Å². The van der Waals surface area contributed by atoms with Crippen LogP contribution in [-0.2, 0) is 14.3 Å². The van der Waals surface area contributed by atoms with Gasteiger partial charge in [-0.25, -0.2) is 4.79 Å². The Bertz CT molecular complexity index is 786. The lowest BCUT2D eigenvalue weighted by atomic mass is 9.98. The Morgan fingerprint density at radius 3 is 2.28 bits per heavy atom. The van der Waals surface area contributed by atoms with Gasteiger partial charge in [0.25, 0.3) is 0 Å². The van der Waals surface area contributed by atoms with Crippen LogP contribution in [0.4, 0.5) is 4.79 Å². The Balaban J connectivity index is 1.48. The number of Topliss-reactive ketones (excluding diaryl/α,β-unsaturated/α-hetero) is 1. The molecule has 0 spiro atoms. The Morgan fingerprint density at radius 2 is 1.72 bits per heavy atom. The van der Waals surface area contributed by atoms with Crippen LogP contribution in [0, 0.1) is 0 Å². The van der Waals surface area contributed by atoms with E-state index >= 15 is 0 Å². The van der Waals surface area contributed by atoms with Gasteiger partial charge in [-0.2, -0.15) is 0 Å². The molecule has 2 unspecified atom stereocenters. The lowest BCUT2D eigenvalue weighted by molar-refractivity contribution is -0.119. The second-order valence-electron chi connectivity index (χ2n) is 6.43. The number of hydrogen-bond acceptors (Lipinski definition) is 4. The zero-order chi connectivity index (χ0) is 17.4. The summed E-state index contributed by atoms with van der Waals surface area (Å²) >= 11 is 0. The van der Waals surface area contributed by atoms with Gasteiger partial charge in [-0.1, -0.05) is 48.5 Å². The molecule has 1 aliphatic carbocycles. The standard InChI is InChI=1S/C20H19NO4/c1-12-19(18(22)11-24-12)21-20(23)25-10-17-15-8-4-2-6-13(15)14-7-3-5-9-16(14)17/h2-9,12,17,19H,10-11H2,1H3,(H,21,23). The van der Waals surface area contributed by atoms with Gasteiger partial charge in [0.15, 0.2) is 5.78 Å². The van der Waals surface area contributed by atoms with Gasteiger partial charge in [0.05, 0.1) is 6.10 Å². The maximum atomic E-state index is 12.1. The van der Waals surface area contributed by atoms with E-state index in [1.165, 1.54) is 11.1 Å². The number of ether oxygens (including phenoxy) is 2. The summed E-state index contributed by atoms with van der Waals surface area (Å²) in [5, 5.41) is 2.61. The number of fused-ring (bicyclic) bond motifs is 3. The van der Waals surface area contributed by atoms with Gasteiger partial charge in [0.2, 0.25) is 0 Å². The predicted molar refractivity (Wildman–Crippen MR) is 92.4 cm³/mol. The molecule has 1 heterocycles. The minimum Gasteiger partial charge on any atom is -0.449 e. The summed E-state index contributed by atoms with van der Waals surface area (Å²) in [7, 11) is 0. The van der Waals surface area contributed by atoms with Crippen molar-refractivity contribution in [3.8, 4) is 11.1 Å². The number of benzene rings is 2. The second-order valence-corrected chi connectivity index (χ2v) is 6.43. The largest absolute Gasteiger partial charge is 0.449 e. The smallest absolute Gasteiger partial charge is 0.407 e. The number of amides is 1. The minimum absolute atomic E-state index is 0.00565. The van der Waals surface area contributed by atoms with Gasteiger partial charge in [-0.3, -0.25) is 4.79 Å². The van der Waals surface area contributed by atoms with E-state index in [9.17, 15) is 9.59 Å². The van der Waals surface area contributed by atoms with E-state index in [1.807, 2.05) is 24.3 Å². The second kappa shape index (κ2) is 6.33. The number of rotatable bonds is 3. The molecule has 128 valence electrons. The molecule has 4 rings (SSSR count). The summed E-state index contributed by atoms with van der Waals surface area (Å²) in [6.45, 7) is 2.03. The third-order valence-corrected chi connectivity index (χ3v) is 4.92. The van der Waals surface area contributed by atoms with E-state index in [4.69, 9.17) is 9.47 Å². The molecule has 5 heteroatoms. The highest BCUT2D eigenvalue weighted by Gasteiger charge is 2.35. The lowest BCUT2D eigenvalue weighted by Crippen LogP contribution is -2.44. The highest BCUT2D eigenvalue weighted by Crippen LogP contribution is 2.44. The van der Waals surface area contributed by atoms with Crippen molar-refractivity contribution in [2.75, 3.05) is 13.2 Å². The van der Waals surface area contributed by atoms with Crippen molar-refractivity contribution in [2.24, 2.45) is 0 Å². The van der Waals surface area contributed by atoms with Gasteiger partial charge in [-0.15, -0.1) is 0 Å². The number of carbonyl (C=O) groups excluding carboxylic acids is 2. The Labute approximate surface area is 145 Å². The maximum Gasteiger partial charge on any atom is 0.407 e. The Kier molecular flexibility index (Phi) is 4.01. The molecule has 1 N–H and O–H groups in total. The van der Waals surface area contributed by atoms with Crippen molar-refractivity contribution in [1.82, 2.24) is 5.32 Å². The molecule has 2 atom stereocenters. The third-order valence-electron chi connectivity index (χ3n) is 4.92. The molecule has 1 saturated heterocycles. The maximum absolute atomic E-state index is 12.1. The van der Waals surface area contributed by atoms with Crippen LogP contribution in [0.1, 0.15) is 24.0 Å². The van der Waals surface area contributed by atoms with Crippen LogP contribution in [0.5, 0.6) is 0 Å². The van der Waals surface area contributed by atoms with Crippen molar-refractivity contribution in [2.45, 2.75) is 25.0 Å². The van der Waals surface area contributed by atoms with E-state index in [2.05, 4.69) is 29.6 Å². The van der Waals surface area contributed by atoms with E-state index < -0.39 is 12.1 Å². The normalized spacial score (nSPS) is 21.7. The summed E-state index contributed by atoms with van der Waals surface area (Å²) in [5.74, 6) is -0.118. The summed E-state index contributed by atoms with van der Waals surface area (Å²) in [5.41, 5.74) is 4.68. The van der Waals surface area contributed by atoms with E-state index in [1.54, 1.807) is 6.92 Å². The van der Waals surface area contributed by atoms with Crippen LogP contribution in [-0.4, -0.2) is 37.2 Å². The average Bonchev–Trinajstić information content (AvgIpc) is 3.12. The van der Waals surface area contributed by atoms with E-state index in [0.29, 0.717) is 0 Å². The first-order valence-corrected chi connectivity index (χ1v) is 8.41. The molecule has 2 aliphatic rings. The molecule has 25 heavy (non-hydrogen) atoms. The van der Waals surface area contributed by atoms with Crippen LogP contribution >= 0.6 is 0 Å². The number of hydrogen-bond donors (Lipinski definition) is 1. The molecular formula is C20H19NO4. The molecule has 0 saturated carbocycles. The first kappa shape index (κ1) is 15.8. The molecule has 1 fully saturated rings. The zero-order valence-corrected chi connectivity index (χ0v) is 13.9. The van der Waals surface area contributed by atoms with Crippen LogP contribution in [0.3, 0.4) is 0 Å². The predicted octanol–water partition coefficient (Wildman–Crippen LogP) is 2.88. The van der Waals surface area contributed by atoms with Crippen molar-refractivity contribution >= 4 is 11.9 Å². The number of ketones is 1. The summed E-state index contributed by atoms with van der Waals surface area (Å²) in [4.78, 5) is 23.8. The van der Waals surface area contributed by atoms with Gasteiger partial charge in [-0.05, 0) is 29.2 Å². The molecule has 1 aliphatic heterocycles. The molecule has 2 aromatic carbocycles. The molecule has 0 bridgehead atoms. The molecular weight excluding hydrogens is 318 g/mol. The molecule has 1 amide bonds. The number of alkyl carbamates (subject to hydrolysis) is 1. The van der Waals surface area contributed by atoms with Crippen LogP contribution < -0.4 is 5.32 Å². The quantitative estimate of drug-likeness (QED) is 0.935. The minimum atomic E-state index is -0.629. The highest BCUT2D eigenvalue weighted by molar-refractivity contribution is 5.90. The van der Waals surface area contributed by atoms with Crippen molar-refractivity contribution in [1.29, 1.82) is 0 Å². The number of carbonyl (C=O) groups is 2. The highest BCUT2D eigenvalue weighted by atomic mass is 16.6. The van der Waals surface area contributed by atoms with Crippen LogP contribution in [0.2, 0.25) is 0 Å². The zero-order valence-electron chi connectivity index (χ0n) is 13.9. The molecule has 0 radical (unpaired) electrons. The van der Waals surface area contributed by atoms with Crippen molar-refractivity contribution in [3.63, 3.8) is 0 Å². The summed E-state index contributed by atoms with van der Waals surface area (Å²) < 4.78 is 10.7. The van der Waals surface area contributed by atoms with Crippen LogP contribution in [0.25, 0.3) is 11.1 Å². The average molecular weight is 337 g/mol. The topological polar surface area (TPSA) is 64.6 Å². The van der Waals surface area contributed by atoms with Crippen molar-refractivity contribution < 1.29 is 19.1 Å². The first-order chi connectivity index (χ1) is 12.1. The fourth-order valence-corrected chi connectivity index (χ4v) is 3.63. The fraction of sp³-hybridized carbons (Fsp3) is 0.300. The summed E-state index contributed by atoms with van der Waals surface area (Å²) in [6.07, 6.45) is -0.912. The van der Waals surface area contributed by atoms with Gasteiger partial charge in [0, 0.05) is 5.92 Å². The lowest BCUT2D eigenvalue weighted by Gasteiger charge is -2.17. The van der Waals surface area contributed by atoms with E-state index in [-0.39, 0.29) is 31.0 Å². The molecule has 0 aromatic heterocycles. The van der Waals surface area contributed by atoms with Gasteiger partial charge in [0.1, 0.15) is 19.3 Å². The SMILES string of the molecule is CC1OCC(=O)C1NC(=O)OCC1c2ccccc2-c2ccccc21. The Hall–Kier alpha value is -2.66. The Morgan fingerprint density at radius 1 is 1.12 bits per heavy atom.